The van der Waals surface area contributed by atoms with Gasteiger partial charge in [0.25, 0.3) is 0 Å². The Hall–Kier alpha value is -2.31. The Morgan fingerprint density at radius 1 is 1.33 bits per heavy atom. The quantitative estimate of drug-likeness (QED) is 0.443. The number of hydrogen-bond acceptors (Lipinski definition) is 9. The van der Waals surface area contributed by atoms with Gasteiger partial charge in [-0.2, -0.15) is 20.0 Å². The second kappa shape index (κ2) is 8.15. The summed E-state index contributed by atoms with van der Waals surface area (Å²) in [6.07, 6.45) is 3.45. The molecule has 0 aliphatic rings. The number of sulfonamides is 1. The molecule has 1 atom stereocenters. The van der Waals surface area contributed by atoms with Gasteiger partial charge in [-0.3, -0.25) is 0 Å². The van der Waals surface area contributed by atoms with E-state index in [9.17, 15) is 8.42 Å². The zero-order chi connectivity index (χ0) is 19.4. The summed E-state index contributed by atoms with van der Waals surface area (Å²) in [5.41, 5.74) is 0.946. The largest absolute Gasteiger partial charge is 0.369 e. The fourth-order valence-corrected chi connectivity index (χ4v) is 3.48. The molecule has 27 heavy (non-hydrogen) atoms. The summed E-state index contributed by atoms with van der Waals surface area (Å²) in [5.74, 6) is 1.09. The second-order valence-corrected chi connectivity index (χ2v) is 9.05. The molecule has 1 unspecified atom stereocenters. The number of nitrogens with zero attached hydrogens (tertiary/aromatic N) is 5. The van der Waals surface area contributed by atoms with E-state index >= 15 is 0 Å². The van der Waals surface area contributed by atoms with E-state index in [0.717, 1.165) is 28.8 Å². The highest BCUT2D eigenvalue weighted by Crippen LogP contribution is 2.26. The van der Waals surface area contributed by atoms with Crippen LogP contribution in [0.15, 0.2) is 17.6 Å². The summed E-state index contributed by atoms with van der Waals surface area (Å²) in [6.45, 7) is 2.39. The average molecular weight is 411 g/mol. The lowest BCUT2D eigenvalue weighted by atomic mass is 10.2. The number of hydrogen-bond donors (Lipinski definition) is 3. The van der Waals surface area contributed by atoms with Gasteiger partial charge in [0.1, 0.15) is 10.6 Å². The van der Waals surface area contributed by atoms with Gasteiger partial charge < -0.3 is 10.6 Å². The topological polar surface area (TPSA) is 141 Å². The summed E-state index contributed by atoms with van der Waals surface area (Å²) in [7, 11) is -1.81. The molecule has 0 saturated carbocycles. The van der Waals surface area contributed by atoms with Crippen molar-refractivity contribution in [3.05, 3.63) is 23.3 Å². The first-order chi connectivity index (χ1) is 12.8. The zero-order valence-corrected chi connectivity index (χ0v) is 16.7. The molecule has 3 aromatic rings. The minimum Gasteiger partial charge on any atom is -0.369 e. The van der Waals surface area contributed by atoms with Gasteiger partial charge in [0.05, 0.1) is 22.5 Å². The van der Waals surface area contributed by atoms with E-state index in [1.807, 2.05) is 11.4 Å². The van der Waals surface area contributed by atoms with Gasteiger partial charge in [-0.1, -0.05) is 0 Å². The Labute approximate surface area is 161 Å². The van der Waals surface area contributed by atoms with E-state index in [4.69, 9.17) is 5.14 Å². The number of primary sulfonamides is 1. The molecule has 0 spiro atoms. The molecule has 4 N–H and O–H groups in total. The maximum Gasteiger partial charge on any atom is 0.226 e. The monoisotopic (exact) mass is 410 g/mol. The highest BCUT2D eigenvalue weighted by atomic mass is 32.2. The van der Waals surface area contributed by atoms with E-state index in [1.54, 1.807) is 18.0 Å². The SMILES string of the molecule is CC(CNc1nc(NCCCc2cnn(C)n2)c2ccsc2n1)S(N)(=O)=O. The van der Waals surface area contributed by atoms with E-state index in [-0.39, 0.29) is 6.54 Å². The van der Waals surface area contributed by atoms with Gasteiger partial charge in [-0.05, 0) is 31.2 Å². The maximum absolute atomic E-state index is 11.4. The van der Waals surface area contributed by atoms with Crippen molar-refractivity contribution in [2.75, 3.05) is 23.7 Å². The van der Waals surface area contributed by atoms with Crippen molar-refractivity contribution in [2.45, 2.75) is 25.0 Å². The van der Waals surface area contributed by atoms with Crippen LogP contribution in [0.25, 0.3) is 10.2 Å². The minimum absolute atomic E-state index is 0.141. The minimum atomic E-state index is -3.60. The van der Waals surface area contributed by atoms with Crippen LogP contribution in [-0.2, 0) is 23.5 Å². The van der Waals surface area contributed by atoms with Crippen LogP contribution in [0.5, 0.6) is 0 Å². The van der Waals surface area contributed by atoms with Crippen molar-refractivity contribution in [3.63, 3.8) is 0 Å². The fourth-order valence-electron chi connectivity index (χ4n) is 2.40. The van der Waals surface area contributed by atoms with Gasteiger partial charge in [0, 0.05) is 20.1 Å². The summed E-state index contributed by atoms with van der Waals surface area (Å²) in [4.78, 5) is 11.3. The van der Waals surface area contributed by atoms with Gasteiger partial charge in [-0.25, -0.2) is 18.5 Å². The summed E-state index contributed by atoms with van der Waals surface area (Å²) >= 11 is 1.50. The Morgan fingerprint density at radius 3 is 2.85 bits per heavy atom. The van der Waals surface area contributed by atoms with Crippen LogP contribution >= 0.6 is 11.3 Å². The van der Waals surface area contributed by atoms with Crippen molar-refractivity contribution in [3.8, 4) is 0 Å². The van der Waals surface area contributed by atoms with Gasteiger partial charge >= 0.3 is 0 Å². The van der Waals surface area contributed by atoms with E-state index in [1.165, 1.54) is 18.3 Å². The predicted molar refractivity (Wildman–Crippen MR) is 106 cm³/mol. The summed E-state index contributed by atoms with van der Waals surface area (Å²) < 4.78 is 22.7. The Kier molecular flexibility index (Phi) is 5.87. The number of aryl methyl sites for hydroxylation is 2. The highest BCUT2D eigenvalue weighted by molar-refractivity contribution is 7.89. The smallest absolute Gasteiger partial charge is 0.226 e. The third-order valence-electron chi connectivity index (χ3n) is 3.98. The highest BCUT2D eigenvalue weighted by Gasteiger charge is 2.16. The van der Waals surface area contributed by atoms with Crippen LogP contribution in [0.2, 0.25) is 0 Å². The molecule has 146 valence electrons. The van der Waals surface area contributed by atoms with Gasteiger partial charge in [-0.15, -0.1) is 11.3 Å². The van der Waals surface area contributed by atoms with Crippen LogP contribution in [0.1, 0.15) is 19.0 Å². The molecule has 12 heteroatoms. The molecule has 0 aliphatic heterocycles. The first-order valence-electron chi connectivity index (χ1n) is 8.42. The van der Waals surface area contributed by atoms with Gasteiger partial charge in [0.15, 0.2) is 0 Å². The molecule has 3 aromatic heterocycles. The molecule has 3 heterocycles. The van der Waals surface area contributed by atoms with Crippen LogP contribution in [0.4, 0.5) is 11.8 Å². The maximum atomic E-state index is 11.4. The number of rotatable bonds is 9. The predicted octanol–water partition coefficient (Wildman–Crippen LogP) is 0.953. The molecule has 0 amide bonds. The van der Waals surface area contributed by atoms with Crippen molar-refractivity contribution in [1.82, 2.24) is 25.0 Å². The third kappa shape index (κ3) is 5.11. The Balaban J connectivity index is 1.64. The third-order valence-corrected chi connectivity index (χ3v) is 6.08. The lowest BCUT2D eigenvalue weighted by molar-refractivity contribution is 0.587. The van der Waals surface area contributed by atoms with Crippen molar-refractivity contribution in [1.29, 1.82) is 0 Å². The number of anilines is 2. The number of nitrogens with two attached hydrogens (primary N) is 1. The second-order valence-electron chi connectivity index (χ2n) is 6.17. The van der Waals surface area contributed by atoms with Crippen molar-refractivity contribution in [2.24, 2.45) is 12.2 Å². The Bertz CT molecular complexity index is 1010. The van der Waals surface area contributed by atoms with E-state index in [0.29, 0.717) is 18.3 Å². The molecule has 0 aromatic carbocycles. The van der Waals surface area contributed by atoms with Gasteiger partial charge in [0.2, 0.25) is 16.0 Å². The number of thiophene rings is 1. The normalized spacial score (nSPS) is 13.0. The van der Waals surface area contributed by atoms with Crippen molar-refractivity contribution >= 4 is 43.3 Å². The summed E-state index contributed by atoms with van der Waals surface area (Å²) in [6, 6.07) is 1.96. The van der Waals surface area contributed by atoms with Crippen LogP contribution < -0.4 is 15.8 Å². The lowest BCUT2D eigenvalue weighted by Crippen LogP contribution is -2.32. The zero-order valence-electron chi connectivity index (χ0n) is 15.1. The molecule has 3 rings (SSSR count). The van der Waals surface area contributed by atoms with Crippen LogP contribution in [0, 0.1) is 0 Å². The number of fused-ring (bicyclic) bond motifs is 1. The van der Waals surface area contributed by atoms with Crippen LogP contribution in [0.3, 0.4) is 0 Å². The average Bonchev–Trinajstić information content (AvgIpc) is 3.24. The Morgan fingerprint density at radius 2 is 2.15 bits per heavy atom. The number of aromatic nitrogens is 5. The van der Waals surface area contributed by atoms with E-state index in [2.05, 4.69) is 30.8 Å². The molecular weight excluding hydrogens is 388 g/mol. The molecule has 10 nitrogen and oxygen atoms in total. The molecule has 0 fully saturated rings. The van der Waals surface area contributed by atoms with E-state index < -0.39 is 15.3 Å². The molecule has 0 radical (unpaired) electrons. The van der Waals surface area contributed by atoms with Crippen molar-refractivity contribution < 1.29 is 8.42 Å². The number of nitrogens with one attached hydrogen (secondary N) is 2. The standard InChI is InChI=1S/C15H22N8O2S2/c1-10(27(16,24)25)8-18-15-20-13(12-5-7-26-14(12)21-15)17-6-3-4-11-9-19-23(2)22-11/h5,7,9-10H,3-4,6,8H2,1-2H3,(H2,16,24,25)(H2,17,18,20,21). The molecule has 0 aliphatic carbocycles. The molecule has 0 bridgehead atoms. The fraction of sp³-hybridized carbons (Fsp3) is 0.467. The molecular formula is C15H22N8O2S2. The first-order valence-corrected chi connectivity index (χ1v) is 10.9. The molecule has 0 saturated heterocycles. The lowest BCUT2D eigenvalue weighted by Gasteiger charge is -2.12. The summed E-state index contributed by atoms with van der Waals surface area (Å²) in [5, 5.41) is 21.9. The van der Waals surface area contributed by atoms with Crippen LogP contribution in [-0.4, -0.2) is 51.7 Å². The first kappa shape index (κ1) is 19.5.